The third kappa shape index (κ3) is 5.55. The molecule has 0 aliphatic rings. The van der Waals surface area contributed by atoms with E-state index in [1.165, 1.54) is 0 Å². The molecule has 1 amide bonds. The molecule has 0 radical (unpaired) electrons. The second-order valence-electron chi connectivity index (χ2n) is 6.14. The molecule has 0 bridgehead atoms. The maximum absolute atomic E-state index is 12.6. The van der Waals surface area contributed by atoms with Gasteiger partial charge in [-0.05, 0) is 50.2 Å². The summed E-state index contributed by atoms with van der Waals surface area (Å²) in [6.45, 7) is 7.55. The maximum atomic E-state index is 12.6. The first kappa shape index (κ1) is 23.6. The van der Waals surface area contributed by atoms with Gasteiger partial charge in [0.2, 0.25) is 0 Å². The Hall–Kier alpha value is -2.41. The van der Waals surface area contributed by atoms with Gasteiger partial charge in [-0.1, -0.05) is 25.1 Å². The van der Waals surface area contributed by atoms with Crippen molar-refractivity contribution in [2.24, 2.45) is 0 Å². The van der Waals surface area contributed by atoms with Gasteiger partial charge in [-0.15, -0.1) is 24.8 Å². The third-order valence-electron chi connectivity index (χ3n) is 4.07. The molecule has 0 saturated heterocycles. The van der Waals surface area contributed by atoms with Crippen LogP contribution in [0.3, 0.4) is 0 Å². The van der Waals surface area contributed by atoms with E-state index < -0.39 is 0 Å². The minimum absolute atomic E-state index is 0. The summed E-state index contributed by atoms with van der Waals surface area (Å²) in [5, 5.41) is 10.7. The van der Waals surface area contributed by atoms with Gasteiger partial charge in [0.1, 0.15) is 0 Å². The monoisotopic (exact) mass is 421 g/mol. The highest BCUT2D eigenvalue weighted by molar-refractivity contribution is 6.04. The molecule has 3 rings (SSSR count). The fourth-order valence-corrected chi connectivity index (χ4v) is 2.76. The molecule has 0 aliphatic heterocycles. The molecule has 0 saturated carbocycles. The number of rotatable bonds is 6. The lowest BCUT2D eigenvalue weighted by atomic mass is 10.1. The van der Waals surface area contributed by atoms with Crippen LogP contribution in [-0.2, 0) is 6.54 Å². The molecule has 2 N–H and O–H groups in total. The number of aryl methyl sites for hydroxylation is 2. The highest BCUT2D eigenvalue weighted by Crippen LogP contribution is 2.17. The van der Waals surface area contributed by atoms with Gasteiger partial charge in [0, 0.05) is 24.1 Å². The number of para-hydroxylation sites is 1. The van der Waals surface area contributed by atoms with Crippen LogP contribution in [0, 0.1) is 13.8 Å². The fourth-order valence-electron chi connectivity index (χ4n) is 2.76. The van der Waals surface area contributed by atoms with Crippen LogP contribution < -0.4 is 10.6 Å². The van der Waals surface area contributed by atoms with E-state index in [0.717, 1.165) is 29.2 Å². The summed E-state index contributed by atoms with van der Waals surface area (Å²) >= 11 is 0. The van der Waals surface area contributed by atoms with Gasteiger partial charge in [0.25, 0.3) is 5.91 Å². The van der Waals surface area contributed by atoms with E-state index in [-0.39, 0.29) is 30.7 Å². The lowest BCUT2D eigenvalue weighted by molar-refractivity contribution is 0.102. The van der Waals surface area contributed by atoms with Crippen molar-refractivity contribution in [2.75, 3.05) is 11.9 Å². The summed E-state index contributed by atoms with van der Waals surface area (Å²) in [7, 11) is 0. The summed E-state index contributed by atoms with van der Waals surface area (Å²) in [5.41, 5.74) is 4.30. The summed E-state index contributed by atoms with van der Waals surface area (Å²) in [4.78, 5) is 17.0. The maximum Gasteiger partial charge on any atom is 0.257 e. The molecule has 0 atom stereocenters. The highest BCUT2D eigenvalue weighted by atomic mass is 35.5. The molecule has 1 aromatic carbocycles. The summed E-state index contributed by atoms with van der Waals surface area (Å²) < 4.78 is 1.77. The van der Waals surface area contributed by atoms with E-state index in [4.69, 9.17) is 0 Å². The number of carbonyl (C=O) groups excluding carboxylic acids is 1. The molecule has 0 aliphatic carbocycles. The fraction of sp³-hybridized carbons (Fsp3) is 0.250. The zero-order valence-electron chi connectivity index (χ0n) is 16.1. The van der Waals surface area contributed by atoms with Crippen molar-refractivity contribution >= 4 is 36.4 Å². The molecule has 8 heteroatoms. The average molecular weight is 422 g/mol. The number of hydrogen-bond acceptors (Lipinski definition) is 4. The molecule has 6 nitrogen and oxygen atoms in total. The Morgan fingerprint density at radius 3 is 2.46 bits per heavy atom. The number of benzene rings is 1. The first-order chi connectivity index (χ1) is 12.6. The van der Waals surface area contributed by atoms with E-state index in [2.05, 4.69) is 27.6 Å². The number of hydrogen-bond donors (Lipinski definition) is 2. The number of anilines is 1. The molecule has 3 aromatic rings. The Kier molecular flexibility index (Phi) is 9.12. The summed E-state index contributed by atoms with van der Waals surface area (Å²) in [5.74, 6) is 0.515. The number of amides is 1. The van der Waals surface area contributed by atoms with Crippen molar-refractivity contribution in [3.8, 4) is 5.82 Å². The van der Waals surface area contributed by atoms with E-state index in [1.54, 1.807) is 23.0 Å². The van der Waals surface area contributed by atoms with Crippen LogP contribution in [0.2, 0.25) is 0 Å². The minimum atomic E-state index is -0.179. The largest absolute Gasteiger partial charge is 0.322 e. The number of nitrogens with one attached hydrogen (secondary N) is 2. The number of aromatic nitrogens is 3. The smallest absolute Gasteiger partial charge is 0.257 e. The quantitative estimate of drug-likeness (QED) is 0.628. The van der Waals surface area contributed by atoms with E-state index in [9.17, 15) is 4.79 Å². The van der Waals surface area contributed by atoms with Gasteiger partial charge in [-0.2, -0.15) is 5.10 Å². The molecule has 150 valence electrons. The van der Waals surface area contributed by atoms with Crippen molar-refractivity contribution < 1.29 is 4.79 Å². The Morgan fingerprint density at radius 2 is 1.86 bits per heavy atom. The zero-order valence-corrected chi connectivity index (χ0v) is 17.7. The Morgan fingerprint density at radius 1 is 1.11 bits per heavy atom. The molecule has 2 aromatic heterocycles. The molecule has 28 heavy (non-hydrogen) atoms. The van der Waals surface area contributed by atoms with E-state index in [0.29, 0.717) is 17.9 Å². The van der Waals surface area contributed by atoms with Crippen molar-refractivity contribution in [2.45, 2.75) is 27.3 Å². The van der Waals surface area contributed by atoms with Crippen molar-refractivity contribution in [1.82, 2.24) is 20.1 Å². The van der Waals surface area contributed by atoms with Gasteiger partial charge >= 0.3 is 0 Å². The number of nitrogens with zero attached hydrogens (tertiary/aromatic N) is 3. The Bertz CT molecular complexity index is 909. The Balaban J connectivity index is 0.00000196. The number of carbonyl (C=O) groups is 1. The van der Waals surface area contributed by atoms with Crippen LogP contribution in [0.15, 0.2) is 48.7 Å². The van der Waals surface area contributed by atoms with E-state index >= 15 is 0 Å². The molecule has 0 unspecified atom stereocenters. The van der Waals surface area contributed by atoms with Crippen LogP contribution >= 0.6 is 24.8 Å². The van der Waals surface area contributed by atoms with Gasteiger partial charge in [0.05, 0.1) is 11.3 Å². The van der Waals surface area contributed by atoms with Gasteiger partial charge in [-0.25, -0.2) is 9.67 Å². The second kappa shape index (κ2) is 10.8. The second-order valence-corrected chi connectivity index (χ2v) is 6.14. The molecular weight excluding hydrogens is 397 g/mol. The van der Waals surface area contributed by atoms with Crippen molar-refractivity contribution in [1.29, 1.82) is 0 Å². The van der Waals surface area contributed by atoms with Crippen LogP contribution in [0.1, 0.15) is 34.2 Å². The normalized spacial score (nSPS) is 9.96. The first-order valence-corrected chi connectivity index (χ1v) is 8.68. The predicted molar refractivity (Wildman–Crippen MR) is 117 cm³/mol. The lowest BCUT2D eigenvalue weighted by Gasteiger charge is -2.11. The lowest BCUT2D eigenvalue weighted by Crippen LogP contribution is -2.17. The summed E-state index contributed by atoms with van der Waals surface area (Å²) in [6.07, 6.45) is 1.58. The predicted octanol–water partition coefficient (Wildman–Crippen LogP) is 4.09. The zero-order chi connectivity index (χ0) is 18.5. The van der Waals surface area contributed by atoms with E-state index in [1.807, 2.05) is 44.2 Å². The molecule has 0 spiro atoms. The molecular formula is C20H25Cl2N5O. The number of pyridine rings is 1. The standard InChI is InChI=1S/C20H23N5O.2ClH/c1-4-21-12-16-7-5-6-8-18(16)23-20(26)17-9-10-19(22-13-17)25-15(3)11-14(2)24-25;;/h5-11,13,21H,4,12H2,1-3H3,(H,23,26);2*1H. The van der Waals surface area contributed by atoms with Crippen LogP contribution in [0.25, 0.3) is 5.82 Å². The molecule has 2 heterocycles. The van der Waals surface area contributed by atoms with Gasteiger partial charge in [-0.3, -0.25) is 4.79 Å². The Labute approximate surface area is 177 Å². The third-order valence-corrected chi connectivity index (χ3v) is 4.07. The van der Waals surface area contributed by atoms with Crippen molar-refractivity contribution in [3.05, 3.63) is 71.2 Å². The SMILES string of the molecule is CCNCc1ccccc1NC(=O)c1ccc(-n2nc(C)cc2C)nc1.Cl.Cl. The highest BCUT2D eigenvalue weighted by Gasteiger charge is 2.11. The van der Waals surface area contributed by atoms with Gasteiger partial charge in [0.15, 0.2) is 5.82 Å². The molecule has 0 fully saturated rings. The topological polar surface area (TPSA) is 71.8 Å². The van der Waals surface area contributed by atoms with Crippen LogP contribution in [0.5, 0.6) is 0 Å². The summed E-state index contributed by atoms with van der Waals surface area (Å²) in [6, 6.07) is 13.3. The number of halogens is 2. The minimum Gasteiger partial charge on any atom is -0.322 e. The van der Waals surface area contributed by atoms with Crippen LogP contribution in [0.4, 0.5) is 5.69 Å². The van der Waals surface area contributed by atoms with Crippen molar-refractivity contribution in [3.63, 3.8) is 0 Å². The van der Waals surface area contributed by atoms with Gasteiger partial charge < -0.3 is 10.6 Å². The van der Waals surface area contributed by atoms with Crippen LogP contribution in [-0.4, -0.2) is 27.2 Å². The first-order valence-electron chi connectivity index (χ1n) is 8.68. The average Bonchev–Trinajstić information content (AvgIpc) is 2.99.